The molecule has 2 N–H and O–H groups in total. The lowest BCUT2D eigenvalue weighted by Gasteiger charge is -2.10. The molecule has 0 heterocycles. The molecule has 0 spiro atoms. The summed E-state index contributed by atoms with van der Waals surface area (Å²) < 4.78 is 31.7. The maximum absolute atomic E-state index is 12.2. The third-order valence-corrected chi connectivity index (χ3v) is 4.55. The molecule has 116 valence electrons. The van der Waals surface area contributed by atoms with Crippen molar-refractivity contribution in [3.8, 4) is 5.75 Å². The second-order valence-corrected chi connectivity index (χ2v) is 6.37. The van der Waals surface area contributed by atoms with Crippen molar-refractivity contribution < 1.29 is 23.1 Å². The lowest BCUT2D eigenvalue weighted by molar-refractivity contribution is 0.0697. The van der Waals surface area contributed by atoms with Crippen molar-refractivity contribution in [3.63, 3.8) is 0 Å². The number of carbonyl (C=O) groups is 1. The molecule has 0 aromatic heterocycles. The lowest BCUT2D eigenvalue weighted by Crippen LogP contribution is -2.13. The van der Waals surface area contributed by atoms with Crippen molar-refractivity contribution in [1.82, 2.24) is 0 Å². The minimum atomic E-state index is -3.84. The van der Waals surface area contributed by atoms with Gasteiger partial charge in [0, 0.05) is 5.69 Å². The Morgan fingerprint density at radius 3 is 2.36 bits per heavy atom. The van der Waals surface area contributed by atoms with E-state index < -0.39 is 16.0 Å². The SMILES string of the molecule is COc1ccc(S(=O)(=O)Nc2ccc(Cl)c(C(=O)O)c2)cc1. The summed E-state index contributed by atoms with van der Waals surface area (Å²) in [5.74, 6) is -0.714. The van der Waals surface area contributed by atoms with Crippen LogP contribution in [0, 0.1) is 0 Å². The summed E-state index contributed by atoms with van der Waals surface area (Å²) in [6.45, 7) is 0. The van der Waals surface area contributed by atoms with Crippen LogP contribution in [0.15, 0.2) is 47.4 Å². The molecule has 0 amide bonds. The van der Waals surface area contributed by atoms with Crippen molar-refractivity contribution in [2.45, 2.75) is 4.90 Å². The van der Waals surface area contributed by atoms with Crippen molar-refractivity contribution in [3.05, 3.63) is 53.1 Å². The monoisotopic (exact) mass is 341 g/mol. The zero-order chi connectivity index (χ0) is 16.3. The Kier molecular flexibility index (Phi) is 4.58. The topological polar surface area (TPSA) is 92.7 Å². The van der Waals surface area contributed by atoms with Gasteiger partial charge in [-0.1, -0.05) is 11.6 Å². The van der Waals surface area contributed by atoms with Gasteiger partial charge in [0.15, 0.2) is 0 Å². The molecule has 0 saturated heterocycles. The molecule has 0 atom stereocenters. The Morgan fingerprint density at radius 2 is 1.82 bits per heavy atom. The summed E-state index contributed by atoms with van der Waals surface area (Å²) in [6, 6.07) is 9.65. The van der Waals surface area contributed by atoms with E-state index in [-0.39, 0.29) is 21.2 Å². The van der Waals surface area contributed by atoms with E-state index in [9.17, 15) is 13.2 Å². The summed E-state index contributed by atoms with van der Waals surface area (Å²) in [5, 5.41) is 9.02. The third kappa shape index (κ3) is 3.49. The van der Waals surface area contributed by atoms with Crippen LogP contribution in [0.25, 0.3) is 0 Å². The number of benzene rings is 2. The number of halogens is 1. The van der Waals surface area contributed by atoms with E-state index >= 15 is 0 Å². The van der Waals surface area contributed by atoms with Crippen LogP contribution in [0.3, 0.4) is 0 Å². The molecule has 0 aliphatic heterocycles. The number of hydrogen-bond acceptors (Lipinski definition) is 4. The van der Waals surface area contributed by atoms with Gasteiger partial charge >= 0.3 is 5.97 Å². The number of hydrogen-bond donors (Lipinski definition) is 2. The van der Waals surface area contributed by atoms with E-state index in [1.807, 2.05) is 0 Å². The molecule has 0 fully saturated rings. The molecule has 0 radical (unpaired) electrons. The predicted octanol–water partition coefficient (Wildman–Crippen LogP) is 2.85. The predicted molar refractivity (Wildman–Crippen MR) is 82.2 cm³/mol. The highest BCUT2D eigenvalue weighted by molar-refractivity contribution is 7.92. The van der Waals surface area contributed by atoms with Crippen LogP contribution in [0.5, 0.6) is 5.75 Å². The lowest BCUT2D eigenvalue weighted by atomic mass is 10.2. The van der Waals surface area contributed by atoms with Gasteiger partial charge < -0.3 is 9.84 Å². The molecule has 8 heteroatoms. The molecule has 22 heavy (non-hydrogen) atoms. The molecule has 2 aromatic rings. The first-order chi connectivity index (χ1) is 10.3. The molecule has 2 aromatic carbocycles. The summed E-state index contributed by atoms with van der Waals surface area (Å²) in [5.41, 5.74) is -0.0748. The average Bonchev–Trinajstić information content (AvgIpc) is 2.48. The fraction of sp³-hybridized carbons (Fsp3) is 0.0714. The first-order valence-corrected chi connectivity index (χ1v) is 7.89. The summed E-state index contributed by atoms with van der Waals surface area (Å²) >= 11 is 5.74. The molecular formula is C14H12ClNO5S. The van der Waals surface area contributed by atoms with Gasteiger partial charge in [0.25, 0.3) is 10.0 Å². The standard InChI is InChI=1S/C14H12ClNO5S/c1-21-10-3-5-11(6-4-10)22(19,20)16-9-2-7-13(15)12(8-9)14(17)18/h2-8,16H,1H3,(H,17,18). The van der Waals surface area contributed by atoms with Gasteiger partial charge in [0.05, 0.1) is 22.6 Å². The van der Waals surface area contributed by atoms with Crippen LogP contribution in [0.2, 0.25) is 5.02 Å². The molecule has 6 nitrogen and oxygen atoms in total. The zero-order valence-corrected chi connectivity index (χ0v) is 13.0. The van der Waals surface area contributed by atoms with Gasteiger partial charge in [-0.05, 0) is 42.5 Å². The Bertz CT molecular complexity index is 802. The van der Waals surface area contributed by atoms with Gasteiger partial charge in [0.1, 0.15) is 5.75 Å². The van der Waals surface area contributed by atoms with Crippen LogP contribution < -0.4 is 9.46 Å². The number of rotatable bonds is 5. The molecule has 0 aliphatic carbocycles. The largest absolute Gasteiger partial charge is 0.497 e. The highest BCUT2D eigenvalue weighted by atomic mass is 35.5. The van der Waals surface area contributed by atoms with Gasteiger partial charge in [0.2, 0.25) is 0 Å². The maximum Gasteiger partial charge on any atom is 0.337 e. The Morgan fingerprint density at radius 1 is 1.18 bits per heavy atom. The highest BCUT2D eigenvalue weighted by Gasteiger charge is 2.16. The van der Waals surface area contributed by atoms with Gasteiger partial charge in [-0.3, -0.25) is 4.72 Å². The molecular weight excluding hydrogens is 330 g/mol. The van der Waals surface area contributed by atoms with E-state index in [4.69, 9.17) is 21.4 Å². The molecule has 0 bridgehead atoms. The second-order valence-electron chi connectivity index (χ2n) is 4.28. The number of aromatic carboxylic acids is 1. The van der Waals surface area contributed by atoms with Crippen LogP contribution >= 0.6 is 11.6 Å². The van der Waals surface area contributed by atoms with Crippen LogP contribution in [0.1, 0.15) is 10.4 Å². The third-order valence-electron chi connectivity index (χ3n) is 2.82. The van der Waals surface area contributed by atoms with E-state index in [0.717, 1.165) is 6.07 Å². The van der Waals surface area contributed by atoms with E-state index in [1.165, 1.54) is 43.5 Å². The van der Waals surface area contributed by atoms with Crippen molar-refractivity contribution in [2.75, 3.05) is 11.8 Å². The quantitative estimate of drug-likeness (QED) is 0.872. The highest BCUT2D eigenvalue weighted by Crippen LogP contribution is 2.23. The minimum absolute atomic E-state index is 0.0277. The number of nitrogens with one attached hydrogen (secondary N) is 1. The average molecular weight is 342 g/mol. The maximum atomic E-state index is 12.2. The van der Waals surface area contributed by atoms with E-state index in [1.54, 1.807) is 0 Å². The van der Waals surface area contributed by atoms with Crippen LogP contribution in [-0.2, 0) is 10.0 Å². The van der Waals surface area contributed by atoms with Crippen molar-refractivity contribution in [2.24, 2.45) is 0 Å². The van der Waals surface area contributed by atoms with Crippen molar-refractivity contribution in [1.29, 1.82) is 0 Å². The van der Waals surface area contributed by atoms with Crippen LogP contribution in [0.4, 0.5) is 5.69 Å². The normalized spacial score (nSPS) is 11.0. The molecule has 0 saturated carbocycles. The summed E-state index contributed by atoms with van der Waals surface area (Å²) in [7, 11) is -2.36. The summed E-state index contributed by atoms with van der Waals surface area (Å²) in [6.07, 6.45) is 0. The van der Waals surface area contributed by atoms with Crippen LogP contribution in [-0.4, -0.2) is 26.6 Å². The Hall–Kier alpha value is -2.25. The number of sulfonamides is 1. The number of carboxylic acids is 1. The molecule has 0 aliphatic rings. The van der Waals surface area contributed by atoms with Gasteiger partial charge in [-0.2, -0.15) is 0 Å². The smallest absolute Gasteiger partial charge is 0.337 e. The number of ether oxygens (including phenoxy) is 1. The first kappa shape index (κ1) is 16.1. The van der Waals surface area contributed by atoms with E-state index in [0.29, 0.717) is 5.75 Å². The fourth-order valence-corrected chi connectivity index (χ4v) is 2.97. The van der Waals surface area contributed by atoms with E-state index in [2.05, 4.69) is 4.72 Å². The molecule has 0 unspecified atom stereocenters. The van der Waals surface area contributed by atoms with Gasteiger partial charge in [-0.25, -0.2) is 13.2 Å². The number of carboxylic acid groups (broad SMARTS) is 1. The first-order valence-electron chi connectivity index (χ1n) is 6.03. The number of methoxy groups -OCH3 is 1. The molecule has 2 rings (SSSR count). The van der Waals surface area contributed by atoms with Crippen molar-refractivity contribution >= 4 is 33.3 Å². The Balaban J connectivity index is 2.32. The zero-order valence-electron chi connectivity index (χ0n) is 11.4. The second kappa shape index (κ2) is 6.25. The van der Waals surface area contributed by atoms with Gasteiger partial charge in [-0.15, -0.1) is 0 Å². The fourth-order valence-electron chi connectivity index (χ4n) is 1.72. The minimum Gasteiger partial charge on any atom is -0.497 e. The number of anilines is 1. The Labute approximate surface area is 132 Å². The summed E-state index contributed by atoms with van der Waals surface area (Å²) in [4.78, 5) is 11.0.